The third-order valence-corrected chi connectivity index (χ3v) is 2.38. The summed E-state index contributed by atoms with van der Waals surface area (Å²) in [4.78, 5) is 0. The Kier molecular flexibility index (Phi) is 7.78. The van der Waals surface area contributed by atoms with Crippen molar-refractivity contribution in [3.8, 4) is 0 Å². The fourth-order valence-electron chi connectivity index (χ4n) is 1.27. The fourth-order valence-corrected chi connectivity index (χ4v) is 1.27. The lowest BCUT2D eigenvalue weighted by Gasteiger charge is -1.98. The zero-order valence-corrected chi connectivity index (χ0v) is 10.7. The van der Waals surface area contributed by atoms with E-state index in [2.05, 4.69) is 13.8 Å². The smallest absolute Gasteiger partial charge is 0.129 e. The van der Waals surface area contributed by atoms with Crippen molar-refractivity contribution in [2.45, 2.75) is 53.4 Å². The zero-order chi connectivity index (χ0) is 12.6. The lowest BCUT2D eigenvalue weighted by Crippen LogP contribution is -1.88. The van der Waals surface area contributed by atoms with E-state index in [1.54, 1.807) is 6.92 Å². The predicted octanol–water partition coefficient (Wildman–Crippen LogP) is 5.17. The molecular weight excluding hydrogens is 206 g/mol. The van der Waals surface area contributed by atoms with Gasteiger partial charge in [-0.05, 0) is 31.5 Å². The summed E-state index contributed by atoms with van der Waals surface area (Å²) in [5.74, 6) is -0.949. The van der Waals surface area contributed by atoms with Gasteiger partial charge >= 0.3 is 0 Å². The van der Waals surface area contributed by atoms with Gasteiger partial charge in [0.15, 0.2) is 0 Å². The molecule has 0 nitrogen and oxygen atoms in total. The van der Waals surface area contributed by atoms with Crippen LogP contribution >= 0.6 is 0 Å². The molecule has 92 valence electrons. The van der Waals surface area contributed by atoms with E-state index in [4.69, 9.17) is 0 Å². The molecule has 0 bridgehead atoms. The maximum atomic E-state index is 12.6. The van der Waals surface area contributed by atoms with E-state index in [1.165, 1.54) is 44.7 Å². The molecule has 2 heteroatoms. The average molecular weight is 228 g/mol. The highest BCUT2D eigenvalue weighted by Gasteiger charge is 2.02. The summed E-state index contributed by atoms with van der Waals surface area (Å²) >= 11 is 0. The molecule has 0 fully saturated rings. The van der Waals surface area contributed by atoms with E-state index in [-0.39, 0.29) is 5.56 Å². The first-order valence-corrected chi connectivity index (χ1v) is 5.95. The molecule has 0 aliphatic heterocycles. The van der Waals surface area contributed by atoms with Gasteiger partial charge in [0.05, 0.1) is 0 Å². The number of benzene rings is 1. The molecule has 0 radical (unpaired) electrons. The number of hydrogen-bond donors (Lipinski definition) is 0. The van der Waals surface area contributed by atoms with E-state index in [9.17, 15) is 8.78 Å². The van der Waals surface area contributed by atoms with Crippen molar-refractivity contribution in [3.05, 3.63) is 34.9 Å². The highest BCUT2D eigenvalue weighted by molar-refractivity contribution is 5.23. The molecule has 1 aromatic carbocycles. The van der Waals surface area contributed by atoms with Crippen molar-refractivity contribution >= 4 is 0 Å². The Hall–Kier alpha value is -0.920. The van der Waals surface area contributed by atoms with E-state index in [1.807, 2.05) is 0 Å². The maximum Gasteiger partial charge on any atom is 0.129 e. The molecule has 0 amide bonds. The normalized spacial score (nSPS) is 9.62. The minimum absolute atomic E-state index is 0.0885. The van der Waals surface area contributed by atoms with Crippen molar-refractivity contribution in [1.29, 1.82) is 0 Å². The molecule has 1 rings (SSSR count). The molecule has 0 aliphatic carbocycles. The van der Waals surface area contributed by atoms with Gasteiger partial charge in [0.25, 0.3) is 0 Å². The van der Waals surface area contributed by atoms with Gasteiger partial charge in [-0.1, -0.05) is 39.5 Å². The number of halogens is 2. The van der Waals surface area contributed by atoms with Crippen LogP contribution in [0.1, 0.15) is 50.7 Å². The number of rotatable bonds is 3. The first-order valence-electron chi connectivity index (χ1n) is 5.95. The minimum atomic E-state index is -0.475. The van der Waals surface area contributed by atoms with Gasteiger partial charge in [-0.15, -0.1) is 0 Å². The quantitative estimate of drug-likeness (QED) is 0.626. The van der Waals surface area contributed by atoms with Crippen LogP contribution in [0.5, 0.6) is 0 Å². The molecule has 1 aromatic rings. The summed E-state index contributed by atoms with van der Waals surface area (Å²) in [5.41, 5.74) is 0.700. The van der Waals surface area contributed by atoms with E-state index in [0.29, 0.717) is 5.56 Å². The van der Waals surface area contributed by atoms with Gasteiger partial charge in [-0.25, -0.2) is 8.78 Å². The summed E-state index contributed by atoms with van der Waals surface area (Å²) in [5, 5.41) is 0. The standard InChI is InChI=1S/C8H8F2.C6H14/c1-5-3-7(9)6(2)8(10)4-5;1-3-5-6-4-2/h3-4H,1-2H3;3-6H2,1-2H3. The molecule has 0 unspecified atom stereocenters. The topological polar surface area (TPSA) is 0 Å². The monoisotopic (exact) mass is 228 g/mol. The van der Waals surface area contributed by atoms with E-state index >= 15 is 0 Å². The molecule has 0 heterocycles. The minimum Gasteiger partial charge on any atom is -0.207 e. The fraction of sp³-hybridized carbons (Fsp3) is 0.571. The first kappa shape index (κ1) is 15.1. The highest BCUT2D eigenvalue weighted by Crippen LogP contribution is 2.12. The maximum absolute atomic E-state index is 12.6. The number of hydrogen-bond acceptors (Lipinski definition) is 0. The largest absolute Gasteiger partial charge is 0.207 e. The summed E-state index contributed by atoms with van der Waals surface area (Å²) in [6.07, 6.45) is 5.54. The van der Waals surface area contributed by atoms with Crippen LogP contribution in [-0.4, -0.2) is 0 Å². The second-order valence-corrected chi connectivity index (χ2v) is 4.06. The predicted molar refractivity (Wildman–Crippen MR) is 65.6 cm³/mol. The van der Waals surface area contributed by atoms with Crippen LogP contribution in [0.15, 0.2) is 12.1 Å². The van der Waals surface area contributed by atoms with Crippen molar-refractivity contribution in [2.75, 3.05) is 0 Å². The first-order chi connectivity index (χ1) is 7.52. The molecule has 0 saturated heterocycles. The Morgan fingerprint density at radius 2 is 1.25 bits per heavy atom. The second kappa shape index (κ2) is 8.26. The van der Waals surface area contributed by atoms with Crippen LogP contribution in [0.25, 0.3) is 0 Å². The Morgan fingerprint density at radius 1 is 0.875 bits per heavy atom. The Bertz CT molecular complexity index is 279. The molecular formula is C14H22F2. The zero-order valence-electron chi connectivity index (χ0n) is 10.7. The number of aryl methyl sites for hydroxylation is 1. The Balaban J connectivity index is 0.000000325. The lowest BCUT2D eigenvalue weighted by molar-refractivity contribution is 0.566. The van der Waals surface area contributed by atoms with Crippen LogP contribution < -0.4 is 0 Å². The highest BCUT2D eigenvalue weighted by atomic mass is 19.1. The second-order valence-electron chi connectivity index (χ2n) is 4.06. The summed E-state index contributed by atoms with van der Waals surface area (Å²) in [6.45, 7) is 7.54. The Morgan fingerprint density at radius 3 is 1.56 bits per heavy atom. The van der Waals surface area contributed by atoms with Gasteiger partial charge in [-0.2, -0.15) is 0 Å². The van der Waals surface area contributed by atoms with Crippen molar-refractivity contribution in [3.63, 3.8) is 0 Å². The van der Waals surface area contributed by atoms with Gasteiger partial charge in [-0.3, -0.25) is 0 Å². The van der Waals surface area contributed by atoms with Crippen molar-refractivity contribution in [2.24, 2.45) is 0 Å². The molecule has 0 atom stereocenters. The van der Waals surface area contributed by atoms with Gasteiger partial charge in [0, 0.05) is 5.56 Å². The Labute approximate surface area is 97.7 Å². The van der Waals surface area contributed by atoms with Crippen molar-refractivity contribution < 1.29 is 8.78 Å². The van der Waals surface area contributed by atoms with E-state index in [0.717, 1.165) is 0 Å². The molecule has 0 aromatic heterocycles. The summed E-state index contributed by atoms with van der Waals surface area (Å²) in [7, 11) is 0. The van der Waals surface area contributed by atoms with Gasteiger partial charge in [0.1, 0.15) is 11.6 Å². The lowest BCUT2D eigenvalue weighted by atomic mass is 10.1. The average Bonchev–Trinajstić information content (AvgIpc) is 2.23. The molecule has 16 heavy (non-hydrogen) atoms. The van der Waals surface area contributed by atoms with E-state index < -0.39 is 11.6 Å². The molecule has 0 N–H and O–H groups in total. The van der Waals surface area contributed by atoms with Crippen LogP contribution in [0, 0.1) is 25.5 Å². The summed E-state index contributed by atoms with van der Waals surface area (Å²) in [6, 6.07) is 2.64. The number of unbranched alkanes of at least 4 members (excludes halogenated alkanes) is 3. The van der Waals surface area contributed by atoms with Crippen LogP contribution in [0.2, 0.25) is 0 Å². The van der Waals surface area contributed by atoms with Gasteiger partial charge in [0.2, 0.25) is 0 Å². The molecule has 0 saturated carbocycles. The van der Waals surface area contributed by atoms with Crippen LogP contribution in [-0.2, 0) is 0 Å². The third-order valence-electron chi connectivity index (χ3n) is 2.38. The van der Waals surface area contributed by atoms with Gasteiger partial charge < -0.3 is 0 Å². The third kappa shape index (κ3) is 5.84. The summed E-state index contributed by atoms with van der Waals surface area (Å²) < 4.78 is 25.2. The SMILES string of the molecule is CCCCCC.Cc1cc(F)c(C)c(F)c1. The van der Waals surface area contributed by atoms with Crippen LogP contribution in [0.3, 0.4) is 0 Å². The van der Waals surface area contributed by atoms with Crippen LogP contribution in [0.4, 0.5) is 8.78 Å². The van der Waals surface area contributed by atoms with Crippen molar-refractivity contribution in [1.82, 2.24) is 0 Å². The molecule has 0 spiro atoms. The molecule has 0 aliphatic rings.